The molecule has 0 saturated heterocycles. The van der Waals surface area contributed by atoms with Crippen molar-refractivity contribution in [1.29, 1.82) is 0 Å². The normalized spacial score (nSPS) is 12.0. The average molecular weight is 334 g/mol. The Kier molecular flexibility index (Phi) is 6.75. The van der Waals surface area contributed by atoms with Crippen molar-refractivity contribution in [3.63, 3.8) is 0 Å². The lowest BCUT2D eigenvalue weighted by Gasteiger charge is -2.17. The van der Waals surface area contributed by atoms with Gasteiger partial charge in [0.1, 0.15) is 11.5 Å². The molecule has 0 aliphatic rings. The van der Waals surface area contributed by atoms with E-state index in [9.17, 15) is 0 Å². The summed E-state index contributed by atoms with van der Waals surface area (Å²) in [6.07, 6.45) is 1.79. The fourth-order valence-corrected chi connectivity index (χ4v) is 2.78. The Morgan fingerprint density at radius 2 is 2.00 bits per heavy atom. The smallest absolute Gasteiger partial charge is 0.137 e. The molecule has 3 nitrogen and oxygen atoms in total. The maximum Gasteiger partial charge on any atom is 0.137 e. The Balaban J connectivity index is 2.13. The maximum atomic E-state index is 6.31. The van der Waals surface area contributed by atoms with E-state index >= 15 is 0 Å². The first kappa shape index (κ1) is 17.6. The van der Waals surface area contributed by atoms with E-state index in [1.807, 2.05) is 30.3 Å². The molecule has 0 spiro atoms. The molecule has 2 aromatic rings. The molecule has 0 aliphatic carbocycles. The van der Waals surface area contributed by atoms with Crippen molar-refractivity contribution in [3.8, 4) is 11.5 Å². The Morgan fingerprint density at radius 1 is 1.17 bits per heavy atom. The number of hydrogen-bond donors (Lipinski definition) is 1. The quantitative estimate of drug-likeness (QED) is 0.777. The standard InChI is InChI=1S/C19H24ClNO2/c1-3-9-23-19-8-7-14(11-18(19)20)10-16(13-21)15-5-4-6-17(12-15)22-2/h4-8,11-12,16H,3,9-10,13,21H2,1-2H3. The number of benzene rings is 2. The van der Waals surface area contributed by atoms with Crippen LogP contribution < -0.4 is 15.2 Å². The van der Waals surface area contributed by atoms with Crippen LogP contribution in [0.1, 0.15) is 30.4 Å². The molecule has 124 valence electrons. The highest BCUT2D eigenvalue weighted by Gasteiger charge is 2.13. The molecule has 1 unspecified atom stereocenters. The third-order valence-corrected chi connectivity index (χ3v) is 4.09. The summed E-state index contributed by atoms with van der Waals surface area (Å²) < 4.78 is 10.9. The Labute approximate surface area is 143 Å². The minimum absolute atomic E-state index is 0.226. The lowest BCUT2D eigenvalue weighted by atomic mass is 9.92. The highest BCUT2D eigenvalue weighted by molar-refractivity contribution is 6.32. The maximum absolute atomic E-state index is 6.31. The minimum atomic E-state index is 0.226. The van der Waals surface area contributed by atoms with Gasteiger partial charge in [-0.15, -0.1) is 0 Å². The molecular weight excluding hydrogens is 310 g/mol. The fraction of sp³-hybridized carbons (Fsp3) is 0.368. The molecule has 0 amide bonds. The summed E-state index contributed by atoms with van der Waals surface area (Å²) in [5, 5.41) is 0.650. The van der Waals surface area contributed by atoms with Gasteiger partial charge in [0.15, 0.2) is 0 Å². The van der Waals surface area contributed by atoms with Gasteiger partial charge in [-0.25, -0.2) is 0 Å². The summed E-state index contributed by atoms with van der Waals surface area (Å²) in [5.41, 5.74) is 8.30. The predicted molar refractivity (Wildman–Crippen MR) is 95.7 cm³/mol. The average Bonchev–Trinajstić information content (AvgIpc) is 2.59. The SMILES string of the molecule is CCCOc1ccc(CC(CN)c2cccc(OC)c2)cc1Cl. The predicted octanol–water partition coefficient (Wildman–Crippen LogP) is 4.42. The van der Waals surface area contributed by atoms with Crippen molar-refractivity contribution in [2.24, 2.45) is 5.73 Å². The van der Waals surface area contributed by atoms with Gasteiger partial charge in [-0.05, 0) is 54.8 Å². The summed E-state index contributed by atoms with van der Waals surface area (Å²) in [4.78, 5) is 0. The molecule has 0 aliphatic heterocycles. The van der Waals surface area contributed by atoms with Gasteiger partial charge in [0.2, 0.25) is 0 Å². The summed E-state index contributed by atoms with van der Waals surface area (Å²) in [5.74, 6) is 1.81. The van der Waals surface area contributed by atoms with Gasteiger partial charge in [-0.1, -0.05) is 36.7 Å². The number of rotatable bonds is 8. The van der Waals surface area contributed by atoms with Crippen LogP contribution in [0.25, 0.3) is 0 Å². The third-order valence-electron chi connectivity index (χ3n) is 3.79. The summed E-state index contributed by atoms with van der Waals surface area (Å²) in [6.45, 7) is 3.31. The fourth-order valence-electron chi connectivity index (χ4n) is 2.52. The van der Waals surface area contributed by atoms with Crippen LogP contribution in [0.3, 0.4) is 0 Å². The van der Waals surface area contributed by atoms with Crippen molar-refractivity contribution in [1.82, 2.24) is 0 Å². The van der Waals surface area contributed by atoms with Gasteiger partial charge in [0.25, 0.3) is 0 Å². The molecule has 0 aromatic heterocycles. The molecule has 0 bridgehead atoms. The molecule has 1 atom stereocenters. The van der Waals surface area contributed by atoms with E-state index in [4.69, 9.17) is 26.8 Å². The second-order valence-electron chi connectivity index (χ2n) is 5.53. The molecule has 0 saturated carbocycles. The molecule has 2 rings (SSSR count). The van der Waals surface area contributed by atoms with Crippen molar-refractivity contribution in [2.45, 2.75) is 25.7 Å². The number of halogens is 1. The van der Waals surface area contributed by atoms with E-state index in [-0.39, 0.29) is 5.92 Å². The van der Waals surface area contributed by atoms with Crippen LogP contribution >= 0.6 is 11.6 Å². The highest BCUT2D eigenvalue weighted by Crippen LogP contribution is 2.29. The molecule has 2 aromatic carbocycles. The lowest BCUT2D eigenvalue weighted by molar-refractivity contribution is 0.317. The van der Waals surface area contributed by atoms with Gasteiger partial charge in [0.05, 0.1) is 18.7 Å². The van der Waals surface area contributed by atoms with Crippen LogP contribution in [0, 0.1) is 0 Å². The summed E-state index contributed by atoms with van der Waals surface area (Å²) >= 11 is 6.31. The zero-order valence-corrected chi connectivity index (χ0v) is 14.5. The van der Waals surface area contributed by atoms with Crippen LogP contribution in [0.4, 0.5) is 0 Å². The van der Waals surface area contributed by atoms with Crippen molar-refractivity contribution in [3.05, 3.63) is 58.6 Å². The number of methoxy groups -OCH3 is 1. The van der Waals surface area contributed by atoms with E-state index in [2.05, 4.69) is 19.1 Å². The lowest BCUT2D eigenvalue weighted by Crippen LogP contribution is -2.15. The summed E-state index contributed by atoms with van der Waals surface area (Å²) in [7, 11) is 1.67. The van der Waals surface area contributed by atoms with Crippen LogP contribution in [0.5, 0.6) is 11.5 Å². The van der Waals surface area contributed by atoms with Crippen LogP contribution in [0.2, 0.25) is 5.02 Å². The van der Waals surface area contributed by atoms with Gasteiger partial charge in [-0.2, -0.15) is 0 Å². The van der Waals surface area contributed by atoms with Crippen molar-refractivity contribution >= 4 is 11.6 Å². The van der Waals surface area contributed by atoms with E-state index in [1.165, 1.54) is 5.56 Å². The van der Waals surface area contributed by atoms with Crippen LogP contribution in [-0.2, 0) is 6.42 Å². The topological polar surface area (TPSA) is 44.5 Å². The number of hydrogen-bond acceptors (Lipinski definition) is 3. The minimum Gasteiger partial charge on any atom is -0.497 e. The Hall–Kier alpha value is -1.71. The van der Waals surface area contributed by atoms with Gasteiger partial charge < -0.3 is 15.2 Å². The largest absolute Gasteiger partial charge is 0.497 e. The number of nitrogens with two attached hydrogens (primary N) is 1. The number of ether oxygens (including phenoxy) is 2. The zero-order valence-electron chi connectivity index (χ0n) is 13.7. The second-order valence-corrected chi connectivity index (χ2v) is 5.93. The molecule has 2 N–H and O–H groups in total. The third kappa shape index (κ3) is 4.88. The van der Waals surface area contributed by atoms with Gasteiger partial charge in [-0.3, -0.25) is 0 Å². The zero-order chi connectivity index (χ0) is 16.7. The first-order chi connectivity index (χ1) is 11.2. The Morgan fingerprint density at radius 3 is 2.65 bits per heavy atom. The van der Waals surface area contributed by atoms with E-state index in [0.717, 1.165) is 29.9 Å². The van der Waals surface area contributed by atoms with Gasteiger partial charge in [0, 0.05) is 5.92 Å². The van der Waals surface area contributed by atoms with Crippen molar-refractivity contribution in [2.75, 3.05) is 20.3 Å². The molecule has 23 heavy (non-hydrogen) atoms. The van der Waals surface area contributed by atoms with E-state index in [1.54, 1.807) is 7.11 Å². The molecule has 0 heterocycles. The second kappa shape index (κ2) is 8.80. The van der Waals surface area contributed by atoms with Gasteiger partial charge >= 0.3 is 0 Å². The van der Waals surface area contributed by atoms with Crippen LogP contribution in [-0.4, -0.2) is 20.3 Å². The van der Waals surface area contributed by atoms with E-state index < -0.39 is 0 Å². The molecule has 4 heteroatoms. The van der Waals surface area contributed by atoms with E-state index in [0.29, 0.717) is 18.2 Å². The Bertz CT molecular complexity index is 631. The van der Waals surface area contributed by atoms with Crippen LogP contribution in [0.15, 0.2) is 42.5 Å². The molecule has 0 fully saturated rings. The summed E-state index contributed by atoms with van der Waals surface area (Å²) in [6, 6.07) is 14.0. The van der Waals surface area contributed by atoms with Crippen molar-refractivity contribution < 1.29 is 9.47 Å². The molecular formula is C19H24ClNO2. The first-order valence-electron chi connectivity index (χ1n) is 7.93. The molecule has 0 radical (unpaired) electrons. The monoisotopic (exact) mass is 333 g/mol. The first-order valence-corrected chi connectivity index (χ1v) is 8.31. The highest BCUT2D eigenvalue weighted by atomic mass is 35.5.